The summed E-state index contributed by atoms with van der Waals surface area (Å²) in [5.74, 6) is 4.24. The molecule has 0 spiro atoms. The van der Waals surface area contributed by atoms with Crippen LogP contribution in [0.25, 0.3) is 0 Å². The average molecular weight is 228 g/mol. The summed E-state index contributed by atoms with van der Waals surface area (Å²) in [7, 11) is 0. The molecule has 1 aromatic rings. The Balaban J connectivity index is 2.49. The van der Waals surface area contributed by atoms with E-state index in [-0.39, 0.29) is 18.2 Å². The Bertz CT molecular complexity index is 372. The summed E-state index contributed by atoms with van der Waals surface area (Å²) in [6.45, 7) is 0.390. The molecule has 1 aromatic heterocycles. The Kier molecular flexibility index (Phi) is 4.40. The fourth-order valence-electron chi connectivity index (χ4n) is 1.03. The van der Waals surface area contributed by atoms with Crippen LogP contribution in [-0.2, 0) is 4.79 Å². The van der Waals surface area contributed by atoms with Gasteiger partial charge in [0.25, 0.3) is 0 Å². The van der Waals surface area contributed by atoms with Crippen LogP contribution in [0.3, 0.4) is 0 Å². The third-order valence-electron chi connectivity index (χ3n) is 1.77. The lowest BCUT2D eigenvalue weighted by Gasteiger charge is -2.06. The summed E-state index contributed by atoms with van der Waals surface area (Å²) in [6, 6.07) is 0. The Hall–Kier alpha value is -1.96. The quantitative estimate of drug-likeness (QED) is 0.298. The number of rotatable bonds is 6. The molecular formula is C8H13FN6O. The Morgan fingerprint density at radius 3 is 2.94 bits per heavy atom. The fraction of sp³-hybridized carbons (Fsp3) is 0.375. The van der Waals surface area contributed by atoms with E-state index >= 15 is 0 Å². The number of carbonyl (C=O) groups excluding carboxylic acids is 1. The third-order valence-corrected chi connectivity index (χ3v) is 1.77. The van der Waals surface area contributed by atoms with E-state index in [4.69, 9.17) is 11.6 Å². The van der Waals surface area contributed by atoms with Crippen molar-refractivity contribution in [3.05, 3.63) is 12.0 Å². The highest BCUT2D eigenvalue weighted by Crippen LogP contribution is 2.10. The number of amides is 1. The molecule has 0 aliphatic heterocycles. The molecule has 0 fully saturated rings. The number of nitrogens with two attached hydrogens (primary N) is 2. The second-order valence-corrected chi connectivity index (χ2v) is 3.03. The van der Waals surface area contributed by atoms with Crippen molar-refractivity contribution in [3.63, 3.8) is 0 Å². The maximum Gasteiger partial charge on any atom is 0.239 e. The standard InChI is InChI=1S/C8H13FN6O/c9-5-4-13-8(15-11)14-7(5)12-3-1-2-6(10)16/h4H,1-3,11H2,(H2,10,16)(H2,12,13,14,15). The van der Waals surface area contributed by atoms with Crippen LogP contribution >= 0.6 is 0 Å². The first-order valence-electron chi connectivity index (χ1n) is 4.65. The average Bonchev–Trinajstić information content (AvgIpc) is 2.26. The van der Waals surface area contributed by atoms with Crippen LogP contribution in [-0.4, -0.2) is 22.4 Å². The van der Waals surface area contributed by atoms with E-state index in [0.717, 1.165) is 6.20 Å². The van der Waals surface area contributed by atoms with E-state index < -0.39 is 11.7 Å². The van der Waals surface area contributed by atoms with Gasteiger partial charge in [0, 0.05) is 13.0 Å². The van der Waals surface area contributed by atoms with Crippen LogP contribution in [0, 0.1) is 5.82 Å². The zero-order chi connectivity index (χ0) is 12.0. The first kappa shape index (κ1) is 12.1. The molecule has 7 nitrogen and oxygen atoms in total. The maximum absolute atomic E-state index is 13.1. The van der Waals surface area contributed by atoms with Crippen molar-refractivity contribution in [3.8, 4) is 0 Å². The van der Waals surface area contributed by atoms with Crippen LogP contribution in [0.1, 0.15) is 12.8 Å². The summed E-state index contributed by atoms with van der Waals surface area (Å²) in [5.41, 5.74) is 7.15. The highest BCUT2D eigenvalue weighted by atomic mass is 19.1. The predicted molar refractivity (Wildman–Crippen MR) is 56.7 cm³/mol. The Morgan fingerprint density at radius 1 is 1.56 bits per heavy atom. The van der Waals surface area contributed by atoms with Gasteiger partial charge in [0.15, 0.2) is 11.6 Å². The van der Waals surface area contributed by atoms with E-state index in [2.05, 4.69) is 20.7 Å². The van der Waals surface area contributed by atoms with Crippen LogP contribution in [0.5, 0.6) is 0 Å². The first-order chi connectivity index (χ1) is 7.63. The van der Waals surface area contributed by atoms with Crippen LogP contribution in [0.2, 0.25) is 0 Å². The number of hydrazine groups is 1. The highest BCUT2D eigenvalue weighted by Gasteiger charge is 2.05. The molecule has 8 heteroatoms. The number of hydrogen-bond donors (Lipinski definition) is 4. The van der Waals surface area contributed by atoms with Crippen molar-refractivity contribution in [1.82, 2.24) is 9.97 Å². The molecule has 0 radical (unpaired) electrons. The van der Waals surface area contributed by atoms with E-state index in [9.17, 15) is 9.18 Å². The SMILES string of the molecule is NNc1ncc(F)c(NCCCC(N)=O)n1. The zero-order valence-electron chi connectivity index (χ0n) is 8.53. The number of hydrogen-bond acceptors (Lipinski definition) is 6. The minimum Gasteiger partial charge on any atom is -0.370 e. The summed E-state index contributed by atoms with van der Waals surface area (Å²) >= 11 is 0. The molecular weight excluding hydrogens is 215 g/mol. The molecule has 0 aliphatic rings. The van der Waals surface area contributed by atoms with Gasteiger partial charge in [-0.25, -0.2) is 15.2 Å². The van der Waals surface area contributed by atoms with E-state index in [0.29, 0.717) is 13.0 Å². The largest absolute Gasteiger partial charge is 0.370 e. The Labute approximate surface area is 91.4 Å². The van der Waals surface area contributed by atoms with Gasteiger partial charge in [0.1, 0.15) is 0 Å². The molecule has 16 heavy (non-hydrogen) atoms. The summed E-state index contributed by atoms with van der Waals surface area (Å²) in [5, 5.41) is 2.71. The van der Waals surface area contributed by atoms with Crippen molar-refractivity contribution in [2.24, 2.45) is 11.6 Å². The number of primary amides is 1. The fourth-order valence-corrected chi connectivity index (χ4v) is 1.03. The second-order valence-electron chi connectivity index (χ2n) is 3.03. The van der Waals surface area contributed by atoms with Gasteiger partial charge in [-0.05, 0) is 6.42 Å². The van der Waals surface area contributed by atoms with Crippen molar-refractivity contribution < 1.29 is 9.18 Å². The predicted octanol–water partition coefficient (Wildman–Crippen LogP) is -0.421. The molecule has 0 aromatic carbocycles. The molecule has 1 amide bonds. The van der Waals surface area contributed by atoms with Gasteiger partial charge in [-0.15, -0.1) is 0 Å². The molecule has 88 valence electrons. The topological polar surface area (TPSA) is 119 Å². The van der Waals surface area contributed by atoms with Crippen molar-refractivity contribution in [2.75, 3.05) is 17.3 Å². The molecule has 6 N–H and O–H groups in total. The lowest BCUT2D eigenvalue weighted by atomic mass is 10.3. The first-order valence-corrected chi connectivity index (χ1v) is 4.65. The van der Waals surface area contributed by atoms with Crippen molar-refractivity contribution >= 4 is 17.7 Å². The van der Waals surface area contributed by atoms with Crippen molar-refractivity contribution in [2.45, 2.75) is 12.8 Å². The highest BCUT2D eigenvalue weighted by molar-refractivity contribution is 5.73. The zero-order valence-corrected chi connectivity index (χ0v) is 8.53. The lowest BCUT2D eigenvalue weighted by molar-refractivity contribution is -0.118. The lowest BCUT2D eigenvalue weighted by Crippen LogP contribution is -2.15. The monoisotopic (exact) mass is 228 g/mol. The molecule has 0 unspecified atom stereocenters. The molecule has 0 saturated heterocycles. The normalized spacial score (nSPS) is 9.88. The van der Waals surface area contributed by atoms with Gasteiger partial charge in [-0.3, -0.25) is 10.2 Å². The molecule has 0 aliphatic carbocycles. The van der Waals surface area contributed by atoms with Gasteiger partial charge < -0.3 is 11.1 Å². The minimum atomic E-state index is -0.585. The van der Waals surface area contributed by atoms with Gasteiger partial charge in [-0.1, -0.05) is 0 Å². The maximum atomic E-state index is 13.1. The summed E-state index contributed by atoms with van der Waals surface area (Å²) in [4.78, 5) is 17.8. The van der Waals surface area contributed by atoms with Crippen molar-refractivity contribution in [1.29, 1.82) is 0 Å². The third kappa shape index (κ3) is 3.65. The van der Waals surface area contributed by atoms with Gasteiger partial charge >= 0.3 is 0 Å². The van der Waals surface area contributed by atoms with E-state index in [1.165, 1.54) is 0 Å². The molecule has 0 saturated carbocycles. The van der Waals surface area contributed by atoms with E-state index in [1.54, 1.807) is 0 Å². The van der Waals surface area contributed by atoms with Gasteiger partial charge in [0.05, 0.1) is 6.20 Å². The van der Waals surface area contributed by atoms with Crippen LogP contribution in [0.4, 0.5) is 16.2 Å². The van der Waals surface area contributed by atoms with Crippen LogP contribution in [0.15, 0.2) is 6.20 Å². The Morgan fingerprint density at radius 2 is 2.31 bits per heavy atom. The molecule has 1 heterocycles. The number of anilines is 2. The smallest absolute Gasteiger partial charge is 0.239 e. The minimum absolute atomic E-state index is 0.0346. The van der Waals surface area contributed by atoms with Gasteiger partial charge in [-0.2, -0.15) is 4.98 Å². The number of nitrogens with one attached hydrogen (secondary N) is 2. The van der Waals surface area contributed by atoms with Crippen LogP contribution < -0.4 is 22.3 Å². The number of halogens is 1. The molecule has 0 atom stereocenters. The number of carbonyl (C=O) groups is 1. The van der Waals surface area contributed by atoms with Gasteiger partial charge in [0.2, 0.25) is 11.9 Å². The summed E-state index contributed by atoms with van der Waals surface area (Å²) in [6.07, 6.45) is 1.74. The molecule has 0 bridgehead atoms. The number of aromatic nitrogens is 2. The number of nitrogen functional groups attached to an aromatic ring is 1. The van der Waals surface area contributed by atoms with E-state index in [1.807, 2.05) is 0 Å². The summed E-state index contributed by atoms with van der Waals surface area (Å²) < 4.78 is 13.1. The second kappa shape index (κ2) is 5.81. The molecule has 1 rings (SSSR count). The number of nitrogens with zero attached hydrogens (tertiary/aromatic N) is 2.